The molecule has 0 bridgehead atoms. The van der Waals surface area contributed by atoms with Gasteiger partial charge in [0.15, 0.2) is 0 Å². The van der Waals surface area contributed by atoms with Gasteiger partial charge in [-0.25, -0.2) is 0 Å². The van der Waals surface area contributed by atoms with E-state index in [0.717, 1.165) is 4.90 Å². The van der Waals surface area contributed by atoms with Crippen LogP contribution in [0.25, 0.3) is 0 Å². The molecular formula is C11H12ClNO3S. The summed E-state index contributed by atoms with van der Waals surface area (Å²) in [4.78, 5) is 22.9. The highest BCUT2D eigenvalue weighted by Crippen LogP contribution is 2.22. The molecule has 1 aromatic rings. The van der Waals surface area contributed by atoms with Gasteiger partial charge in [-0.15, -0.1) is 11.8 Å². The Kier molecular flexibility index (Phi) is 5.31. The number of benzene rings is 1. The van der Waals surface area contributed by atoms with Crippen molar-refractivity contribution in [2.24, 2.45) is 0 Å². The van der Waals surface area contributed by atoms with E-state index in [1.165, 1.54) is 11.8 Å². The van der Waals surface area contributed by atoms with Crippen LogP contribution in [0.3, 0.4) is 0 Å². The summed E-state index contributed by atoms with van der Waals surface area (Å²) in [6.07, 6.45) is 1.79. The Hall–Kier alpha value is -1.20. The summed E-state index contributed by atoms with van der Waals surface area (Å²) in [5.41, 5.74) is 0.365. The maximum Gasteiger partial charge on any atom is 0.305 e. The fourth-order valence-corrected chi connectivity index (χ4v) is 1.83. The maximum atomic E-state index is 11.7. The smallest absolute Gasteiger partial charge is 0.305 e. The number of carboxylic acid groups (broad SMARTS) is 1. The Morgan fingerprint density at radius 1 is 1.47 bits per heavy atom. The second-order valence-corrected chi connectivity index (χ2v) is 4.53. The fraction of sp³-hybridized carbons (Fsp3) is 0.273. The lowest BCUT2D eigenvalue weighted by molar-refractivity contribution is -0.136. The van der Waals surface area contributed by atoms with Gasteiger partial charge in [0.1, 0.15) is 0 Å². The number of nitrogens with one attached hydrogen (secondary N) is 1. The molecule has 1 amide bonds. The van der Waals surface area contributed by atoms with E-state index in [-0.39, 0.29) is 18.9 Å². The lowest BCUT2D eigenvalue weighted by atomic mass is 10.2. The Morgan fingerprint density at radius 3 is 2.76 bits per heavy atom. The van der Waals surface area contributed by atoms with E-state index in [2.05, 4.69) is 5.32 Å². The largest absolute Gasteiger partial charge is 0.481 e. The Labute approximate surface area is 108 Å². The van der Waals surface area contributed by atoms with Crippen molar-refractivity contribution < 1.29 is 14.7 Å². The molecule has 0 aromatic heterocycles. The Balaban J connectivity index is 2.70. The van der Waals surface area contributed by atoms with Gasteiger partial charge in [-0.05, 0) is 24.5 Å². The normalized spacial score (nSPS) is 10.0. The van der Waals surface area contributed by atoms with Gasteiger partial charge in [-0.3, -0.25) is 9.59 Å². The number of amides is 1. The minimum Gasteiger partial charge on any atom is -0.481 e. The van der Waals surface area contributed by atoms with Gasteiger partial charge in [-0.1, -0.05) is 11.6 Å². The molecule has 0 aliphatic rings. The second kappa shape index (κ2) is 6.51. The summed E-state index contributed by atoms with van der Waals surface area (Å²) in [7, 11) is 0. The van der Waals surface area contributed by atoms with Crippen molar-refractivity contribution in [1.29, 1.82) is 0 Å². The average Bonchev–Trinajstić information content (AvgIpc) is 2.29. The molecule has 0 aliphatic heterocycles. The van der Waals surface area contributed by atoms with E-state index in [9.17, 15) is 9.59 Å². The van der Waals surface area contributed by atoms with Gasteiger partial charge in [0.2, 0.25) is 0 Å². The van der Waals surface area contributed by atoms with Crippen molar-refractivity contribution in [2.45, 2.75) is 11.3 Å². The molecule has 0 saturated heterocycles. The van der Waals surface area contributed by atoms with E-state index in [0.29, 0.717) is 10.6 Å². The van der Waals surface area contributed by atoms with E-state index in [4.69, 9.17) is 16.7 Å². The molecule has 0 unspecified atom stereocenters. The number of rotatable bonds is 5. The summed E-state index contributed by atoms with van der Waals surface area (Å²) >= 11 is 7.41. The first-order chi connectivity index (χ1) is 8.04. The van der Waals surface area contributed by atoms with Gasteiger partial charge >= 0.3 is 5.97 Å². The van der Waals surface area contributed by atoms with Crippen LogP contribution >= 0.6 is 23.4 Å². The van der Waals surface area contributed by atoms with Crippen LogP contribution in [-0.4, -0.2) is 29.8 Å². The number of carbonyl (C=O) groups excluding carboxylic acids is 1. The number of carboxylic acids is 1. The predicted octanol–water partition coefficient (Wildman–Crippen LogP) is 2.27. The standard InChI is InChI=1S/C11H12ClNO3S/c1-17-7-2-3-9(12)8(6-7)11(16)13-5-4-10(14)15/h2-3,6H,4-5H2,1H3,(H,13,16)(H,14,15). The van der Waals surface area contributed by atoms with Crippen molar-refractivity contribution in [3.8, 4) is 0 Å². The van der Waals surface area contributed by atoms with Crippen LogP contribution in [0.2, 0.25) is 5.02 Å². The molecule has 4 nitrogen and oxygen atoms in total. The van der Waals surface area contributed by atoms with Crippen LogP contribution in [0.4, 0.5) is 0 Å². The van der Waals surface area contributed by atoms with Crippen molar-refractivity contribution in [1.82, 2.24) is 5.32 Å². The van der Waals surface area contributed by atoms with E-state index in [1.54, 1.807) is 12.1 Å². The van der Waals surface area contributed by atoms with Gasteiger partial charge in [-0.2, -0.15) is 0 Å². The van der Waals surface area contributed by atoms with E-state index in [1.807, 2.05) is 12.3 Å². The molecule has 1 rings (SSSR count). The molecule has 0 atom stereocenters. The third-order valence-corrected chi connectivity index (χ3v) is 3.10. The summed E-state index contributed by atoms with van der Waals surface area (Å²) in [6.45, 7) is 0.0913. The molecule has 2 N–H and O–H groups in total. The zero-order chi connectivity index (χ0) is 12.8. The minimum atomic E-state index is -0.950. The van der Waals surface area contributed by atoms with Crippen LogP contribution in [0.5, 0.6) is 0 Å². The van der Waals surface area contributed by atoms with Gasteiger partial charge in [0, 0.05) is 11.4 Å². The van der Waals surface area contributed by atoms with E-state index >= 15 is 0 Å². The highest BCUT2D eigenvalue weighted by atomic mass is 35.5. The third kappa shape index (κ3) is 4.28. The number of carbonyl (C=O) groups is 2. The summed E-state index contributed by atoms with van der Waals surface area (Å²) in [5, 5.41) is 11.3. The van der Waals surface area contributed by atoms with Crippen molar-refractivity contribution in [2.75, 3.05) is 12.8 Å². The number of hydrogen-bond acceptors (Lipinski definition) is 3. The summed E-state index contributed by atoms with van der Waals surface area (Å²) in [5.74, 6) is -1.30. The van der Waals surface area contributed by atoms with Gasteiger partial charge < -0.3 is 10.4 Å². The first-order valence-electron chi connectivity index (χ1n) is 4.88. The van der Waals surface area contributed by atoms with Crippen molar-refractivity contribution >= 4 is 35.2 Å². The first-order valence-corrected chi connectivity index (χ1v) is 6.48. The van der Waals surface area contributed by atoms with Crippen LogP contribution in [0, 0.1) is 0 Å². The number of aliphatic carboxylic acids is 1. The van der Waals surface area contributed by atoms with Crippen LogP contribution in [0.15, 0.2) is 23.1 Å². The topological polar surface area (TPSA) is 66.4 Å². The maximum absolute atomic E-state index is 11.7. The molecule has 0 aliphatic carbocycles. The molecule has 17 heavy (non-hydrogen) atoms. The highest BCUT2D eigenvalue weighted by molar-refractivity contribution is 7.98. The molecule has 1 aromatic carbocycles. The molecule has 6 heteroatoms. The first kappa shape index (κ1) is 13.9. The second-order valence-electron chi connectivity index (χ2n) is 3.25. The molecule has 0 saturated carbocycles. The van der Waals surface area contributed by atoms with Gasteiger partial charge in [0.05, 0.1) is 17.0 Å². The fourth-order valence-electron chi connectivity index (χ4n) is 1.18. The Morgan fingerprint density at radius 2 is 2.18 bits per heavy atom. The third-order valence-electron chi connectivity index (χ3n) is 2.04. The van der Waals surface area contributed by atoms with Crippen molar-refractivity contribution in [3.63, 3.8) is 0 Å². The lowest BCUT2D eigenvalue weighted by Crippen LogP contribution is -2.26. The quantitative estimate of drug-likeness (QED) is 0.808. The monoisotopic (exact) mass is 273 g/mol. The molecule has 0 fully saturated rings. The lowest BCUT2D eigenvalue weighted by Gasteiger charge is -2.07. The summed E-state index contributed by atoms with van der Waals surface area (Å²) in [6, 6.07) is 5.16. The molecule has 92 valence electrons. The zero-order valence-corrected chi connectivity index (χ0v) is 10.8. The number of halogens is 1. The molecule has 0 radical (unpaired) electrons. The molecule has 0 spiro atoms. The van der Waals surface area contributed by atoms with Gasteiger partial charge in [0.25, 0.3) is 5.91 Å². The number of thioether (sulfide) groups is 1. The van der Waals surface area contributed by atoms with Crippen LogP contribution < -0.4 is 5.32 Å². The minimum absolute atomic E-state index is 0.0913. The number of hydrogen-bond donors (Lipinski definition) is 2. The summed E-state index contributed by atoms with van der Waals surface area (Å²) < 4.78 is 0. The Bertz CT molecular complexity index is 437. The van der Waals surface area contributed by atoms with E-state index < -0.39 is 5.97 Å². The zero-order valence-electron chi connectivity index (χ0n) is 9.20. The van der Waals surface area contributed by atoms with Crippen LogP contribution in [-0.2, 0) is 4.79 Å². The van der Waals surface area contributed by atoms with Crippen LogP contribution in [0.1, 0.15) is 16.8 Å². The van der Waals surface area contributed by atoms with Crippen molar-refractivity contribution in [3.05, 3.63) is 28.8 Å². The molecule has 0 heterocycles. The average molecular weight is 274 g/mol. The highest BCUT2D eigenvalue weighted by Gasteiger charge is 2.11. The SMILES string of the molecule is CSc1ccc(Cl)c(C(=O)NCCC(=O)O)c1. The molecular weight excluding hydrogens is 262 g/mol. The predicted molar refractivity (Wildman–Crippen MR) is 67.8 cm³/mol.